The maximum Gasteiger partial charge on any atom is 0.320 e. The molecular weight excluding hydrogens is 188 g/mol. The minimum Gasteiger partial charge on any atom is -0.480 e. The fraction of sp³-hybridized carbons (Fsp3) is 0.500. The molecule has 1 unspecified atom stereocenters. The van der Waals surface area contributed by atoms with E-state index in [1.165, 1.54) is 11.3 Å². The van der Waals surface area contributed by atoms with Gasteiger partial charge in [0.25, 0.3) is 0 Å². The molecule has 0 radical (unpaired) electrons. The lowest BCUT2D eigenvalue weighted by Gasteiger charge is -2.05. The maximum atomic E-state index is 10.4. The van der Waals surface area contributed by atoms with Gasteiger partial charge in [-0.25, -0.2) is 4.98 Å². The zero-order chi connectivity index (χ0) is 8.97. The number of hydrogen-bond acceptors (Lipinski definition) is 4. The second kappa shape index (κ2) is 5.66. The van der Waals surface area contributed by atoms with Crippen LogP contribution < -0.4 is 5.32 Å². The molecule has 0 aliphatic heterocycles. The molecular formula is C8H14N2O2S. The van der Waals surface area contributed by atoms with Gasteiger partial charge >= 0.3 is 5.97 Å². The third-order valence-corrected chi connectivity index (χ3v) is 2.19. The summed E-state index contributed by atoms with van der Waals surface area (Å²) in [5, 5.41) is 14.1. The van der Waals surface area contributed by atoms with Crippen LogP contribution in [0.25, 0.3) is 0 Å². The smallest absolute Gasteiger partial charge is 0.320 e. The molecule has 1 heterocycles. The Balaban J connectivity index is 0.00000144. The molecule has 0 saturated carbocycles. The predicted octanol–water partition coefficient (Wildman–Crippen LogP) is 1.34. The number of hydrogen-bond donors (Lipinski definition) is 2. The van der Waals surface area contributed by atoms with Crippen LogP contribution >= 0.6 is 11.3 Å². The van der Waals surface area contributed by atoms with Crippen molar-refractivity contribution in [3.8, 4) is 0 Å². The topological polar surface area (TPSA) is 62.2 Å². The van der Waals surface area contributed by atoms with Crippen LogP contribution in [0.4, 0.5) is 0 Å². The maximum absolute atomic E-state index is 10.4. The molecule has 0 fully saturated rings. The molecule has 1 atom stereocenters. The van der Waals surface area contributed by atoms with Gasteiger partial charge in [-0.05, 0) is 6.92 Å². The van der Waals surface area contributed by atoms with E-state index < -0.39 is 12.0 Å². The Bertz CT molecular complexity index is 249. The standard InChI is InChI=1S/C7H10N2O2S.CH4/c1-5(7(10)11)9-4-6-8-2-3-12-6;/h2-3,5,9H,4H2,1H3,(H,10,11);1H4. The van der Waals surface area contributed by atoms with E-state index in [9.17, 15) is 4.79 Å². The Morgan fingerprint density at radius 3 is 3.00 bits per heavy atom. The Kier molecular flexibility index (Phi) is 5.25. The first-order valence-corrected chi connectivity index (χ1v) is 4.42. The van der Waals surface area contributed by atoms with E-state index in [0.29, 0.717) is 6.54 Å². The molecule has 1 rings (SSSR count). The molecule has 0 spiro atoms. The van der Waals surface area contributed by atoms with Crippen molar-refractivity contribution >= 4 is 17.3 Å². The van der Waals surface area contributed by atoms with E-state index >= 15 is 0 Å². The van der Waals surface area contributed by atoms with Crippen molar-refractivity contribution in [2.24, 2.45) is 0 Å². The summed E-state index contributed by atoms with van der Waals surface area (Å²) < 4.78 is 0. The number of thiazole rings is 1. The number of nitrogens with zero attached hydrogens (tertiary/aromatic N) is 1. The SMILES string of the molecule is C.CC(NCc1nccs1)C(=O)O. The van der Waals surface area contributed by atoms with Crippen molar-refractivity contribution < 1.29 is 9.90 Å². The highest BCUT2D eigenvalue weighted by atomic mass is 32.1. The third kappa shape index (κ3) is 4.00. The van der Waals surface area contributed by atoms with Crippen LogP contribution in [-0.4, -0.2) is 22.1 Å². The fourth-order valence-electron chi connectivity index (χ4n) is 0.668. The normalized spacial score (nSPS) is 11.8. The molecule has 2 N–H and O–H groups in total. The van der Waals surface area contributed by atoms with Gasteiger partial charge in [-0.15, -0.1) is 11.3 Å². The van der Waals surface area contributed by atoms with Crippen LogP contribution in [0, 0.1) is 0 Å². The second-order valence-corrected chi connectivity index (χ2v) is 3.35. The first-order valence-electron chi connectivity index (χ1n) is 3.54. The number of carbonyl (C=O) groups is 1. The van der Waals surface area contributed by atoms with Crippen LogP contribution in [0.1, 0.15) is 19.4 Å². The van der Waals surface area contributed by atoms with Crippen molar-refractivity contribution in [1.29, 1.82) is 0 Å². The number of nitrogens with one attached hydrogen (secondary N) is 1. The highest BCUT2D eigenvalue weighted by molar-refractivity contribution is 7.09. The van der Waals surface area contributed by atoms with Crippen molar-refractivity contribution in [1.82, 2.24) is 10.3 Å². The molecule has 0 saturated heterocycles. The summed E-state index contributed by atoms with van der Waals surface area (Å²) in [7, 11) is 0. The van der Waals surface area contributed by atoms with Crippen LogP contribution in [0.2, 0.25) is 0 Å². The van der Waals surface area contributed by atoms with E-state index in [2.05, 4.69) is 10.3 Å². The largest absolute Gasteiger partial charge is 0.480 e. The monoisotopic (exact) mass is 202 g/mol. The van der Waals surface area contributed by atoms with E-state index in [1.54, 1.807) is 13.1 Å². The Morgan fingerprint density at radius 1 is 1.85 bits per heavy atom. The lowest BCUT2D eigenvalue weighted by molar-refractivity contribution is -0.139. The van der Waals surface area contributed by atoms with Gasteiger partial charge in [-0.2, -0.15) is 0 Å². The van der Waals surface area contributed by atoms with Gasteiger partial charge < -0.3 is 5.11 Å². The summed E-state index contributed by atoms with van der Waals surface area (Å²) in [5.41, 5.74) is 0. The molecule has 0 aliphatic rings. The Labute approximate surface area is 81.6 Å². The fourth-order valence-corrected chi connectivity index (χ4v) is 1.24. The van der Waals surface area contributed by atoms with E-state index in [0.717, 1.165) is 5.01 Å². The van der Waals surface area contributed by atoms with Gasteiger partial charge in [0.15, 0.2) is 0 Å². The summed E-state index contributed by atoms with van der Waals surface area (Å²) >= 11 is 1.51. The summed E-state index contributed by atoms with van der Waals surface area (Å²) in [5.74, 6) is -0.841. The minimum absolute atomic E-state index is 0. The zero-order valence-corrected chi connectivity index (χ0v) is 7.47. The van der Waals surface area contributed by atoms with Crippen molar-refractivity contribution in [2.75, 3.05) is 0 Å². The van der Waals surface area contributed by atoms with Gasteiger partial charge in [0.05, 0.1) is 0 Å². The van der Waals surface area contributed by atoms with Crippen molar-refractivity contribution in [3.63, 3.8) is 0 Å². The molecule has 0 aromatic carbocycles. The summed E-state index contributed by atoms with van der Waals surface area (Å²) in [6, 6.07) is -0.520. The third-order valence-electron chi connectivity index (χ3n) is 1.41. The van der Waals surface area contributed by atoms with Crippen LogP contribution in [0.15, 0.2) is 11.6 Å². The lowest BCUT2D eigenvalue weighted by Crippen LogP contribution is -2.32. The molecule has 0 bridgehead atoms. The molecule has 4 nitrogen and oxygen atoms in total. The van der Waals surface area contributed by atoms with Gasteiger partial charge in [0, 0.05) is 18.1 Å². The minimum atomic E-state index is -0.841. The number of aliphatic carboxylic acids is 1. The van der Waals surface area contributed by atoms with Crippen LogP contribution in [0.5, 0.6) is 0 Å². The lowest BCUT2D eigenvalue weighted by atomic mass is 10.3. The first-order chi connectivity index (χ1) is 5.70. The van der Waals surface area contributed by atoms with Gasteiger partial charge in [-0.3, -0.25) is 10.1 Å². The van der Waals surface area contributed by atoms with Gasteiger partial charge in [0.1, 0.15) is 11.0 Å². The predicted molar refractivity (Wildman–Crippen MR) is 52.8 cm³/mol. The van der Waals surface area contributed by atoms with E-state index in [1.807, 2.05) is 5.38 Å². The van der Waals surface area contributed by atoms with E-state index in [-0.39, 0.29) is 7.43 Å². The van der Waals surface area contributed by atoms with Crippen LogP contribution in [-0.2, 0) is 11.3 Å². The quantitative estimate of drug-likeness (QED) is 0.773. The van der Waals surface area contributed by atoms with Crippen molar-refractivity contribution in [3.05, 3.63) is 16.6 Å². The first kappa shape index (κ1) is 12.1. The average molecular weight is 202 g/mol. The summed E-state index contributed by atoms with van der Waals surface area (Å²) in [4.78, 5) is 14.4. The highest BCUT2D eigenvalue weighted by Crippen LogP contribution is 2.02. The molecule has 74 valence electrons. The van der Waals surface area contributed by atoms with Crippen molar-refractivity contribution in [2.45, 2.75) is 26.9 Å². The molecule has 0 amide bonds. The van der Waals surface area contributed by atoms with Gasteiger partial charge in [0.2, 0.25) is 0 Å². The Hall–Kier alpha value is -0.940. The second-order valence-electron chi connectivity index (χ2n) is 2.37. The molecule has 1 aromatic heterocycles. The number of aromatic nitrogens is 1. The molecule has 5 heteroatoms. The summed E-state index contributed by atoms with van der Waals surface area (Å²) in [6.07, 6.45) is 1.70. The molecule has 0 aliphatic carbocycles. The van der Waals surface area contributed by atoms with Crippen LogP contribution in [0.3, 0.4) is 0 Å². The Morgan fingerprint density at radius 2 is 2.54 bits per heavy atom. The highest BCUT2D eigenvalue weighted by Gasteiger charge is 2.09. The number of carboxylic acid groups (broad SMARTS) is 1. The summed E-state index contributed by atoms with van der Waals surface area (Å²) in [6.45, 7) is 2.13. The zero-order valence-electron chi connectivity index (χ0n) is 6.65. The van der Waals surface area contributed by atoms with Gasteiger partial charge in [-0.1, -0.05) is 7.43 Å². The van der Waals surface area contributed by atoms with E-state index in [4.69, 9.17) is 5.11 Å². The molecule has 1 aromatic rings. The number of carboxylic acids is 1. The molecule has 13 heavy (non-hydrogen) atoms. The number of rotatable bonds is 4. The average Bonchev–Trinajstić information content (AvgIpc) is 2.51.